The Balaban J connectivity index is 6.77. The van der Waals surface area contributed by atoms with Crippen LogP contribution < -0.4 is 0 Å². The molecule has 19 heteroatoms. The highest BCUT2D eigenvalue weighted by atomic mass is 35.5. The predicted molar refractivity (Wildman–Crippen MR) is 57.4 cm³/mol. The summed E-state index contributed by atoms with van der Waals surface area (Å²) in [6, 6.07) is 0. The lowest BCUT2D eigenvalue weighted by molar-refractivity contribution is -0.446. The number of ether oxygens (including phenoxy) is 1. The SMILES string of the molecule is COC(=O)C(F)(F)C(F)(F)C(F)(F)C(F)(F)C(F)(F)C(F)(F)C(F)(F)C(F)(F)Cl. The van der Waals surface area contributed by atoms with E-state index in [-0.39, 0.29) is 7.11 Å². The topological polar surface area (TPSA) is 26.3 Å². The third-order valence-corrected chi connectivity index (χ3v) is 3.40. The van der Waals surface area contributed by atoms with Gasteiger partial charge in [0.05, 0.1) is 7.11 Å². The highest BCUT2D eigenvalue weighted by molar-refractivity contribution is 6.22. The third-order valence-electron chi connectivity index (χ3n) is 3.16. The van der Waals surface area contributed by atoms with Crippen molar-refractivity contribution in [3.05, 3.63) is 0 Å². The van der Waals surface area contributed by atoms with Gasteiger partial charge in [-0.05, 0) is 11.6 Å². The van der Waals surface area contributed by atoms with Crippen LogP contribution in [0.1, 0.15) is 0 Å². The van der Waals surface area contributed by atoms with Crippen LogP contribution >= 0.6 is 11.6 Å². The van der Waals surface area contributed by atoms with E-state index in [1.807, 2.05) is 0 Å². The maximum atomic E-state index is 13.2. The molecular formula is C10H3ClF16O2. The molecule has 0 aliphatic rings. The van der Waals surface area contributed by atoms with E-state index in [1.165, 1.54) is 0 Å². The molecule has 0 saturated carbocycles. The van der Waals surface area contributed by atoms with E-state index < -0.39 is 52.8 Å². The lowest BCUT2D eigenvalue weighted by Crippen LogP contribution is -2.75. The van der Waals surface area contributed by atoms with Crippen LogP contribution in [0, 0.1) is 0 Å². The molecule has 0 aliphatic heterocycles. The van der Waals surface area contributed by atoms with Gasteiger partial charge in [0, 0.05) is 0 Å². The number of hydrogen-bond acceptors (Lipinski definition) is 2. The molecule has 0 spiro atoms. The van der Waals surface area contributed by atoms with Crippen LogP contribution in [0.3, 0.4) is 0 Å². The fourth-order valence-electron chi connectivity index (χ4n) is 1.42. The van der Waals surface area contributed by atoms with Gasteiger partial charge in [-0.3, -0.25) is 0 Å². The van der Waals surface area contributed by atoms with Crippen molar-refractivity contribution in [3.8, 4) is 0 Å². The number of alkyl halides is 17. The minimum absolute atomic E-state index is 0.214. The second kappa shape index (κ2) is 6.83. The smallest absolute Gasteiger partial charge is 0.410 e. The fourth-order valence-corrected chi connectivity index (χ4v) is 1.54. The molecule has 0 unspecified atom stereocenters. The van der Waals surface area contributed by atoms with Gasteiger partial charge in [-0.2, -0.15) is 70.2 Å². The Morgan fingerprint density at radius 2 is 0.793 bits per heavy atom. The predicted octanol–water partition coefficient (Wildman–Crippen LogP) is 5.44. The first-order valence-electron chi connectivity index (χ1n) is 6.03. The third kappa shape index (κ3) is 3.34. The molecule has 0 radical (unpaired) electrons. The van der Waals surface area contributed by atoms with Crippen molar-refractivity contribution in [2.24, 2.45) is 0 Å². The van der Waals surface area contributed by atoms with E-state index in [0.29, 0.717) is 0 Å². The monoisotopic (exact) mass is 494 g/mol. The zero-order chi connectivity index (χ0) is 24.3. The Morgan fingerprint density at radius 3 is 1.03 bits per heavy atom. The summed E-state index contributed by atoms with van der Waals surface area (Å²) >= 11 is 3.34. The van der Waals surface area contributed by atoms with E-state index >= 15 is 0 Å². The van der Waals surface area contributed by atoms with E-state index in [0.717, 1.165) is 0 Å². The lowest BCUT2D eigenvalue weighted by atomic mass is 9.89. The number of rotatable bonds is 8. The molecule has 0 aromatic carbocycles. The van der Waals surface area contributed by atoms with E-state index in [2.05, 4.69) is 16.3 Å². The summed E-state index contributed by atoms with van der Waals surface area (Å²) in [6.45, 7) is 0. The Kier molecular flexibility index (Phi) is 6.51. The first-order chi connectivity index (χ1) is 12.2. The molecule has 2 nitrogen and oxygen atoms in total. The summed E-state index contributed by atoms with van der Waals surface area (Å²) in [7, 11) is -0.214. The Labute approximate surface area is 152 Å². The van der Waals surface area contributed by atoms with Gasteiger partial charge < -0.3 is 4.74 Å². The van der Waals surface area contributed by atoms with Crippen molar-refractivity contribution >= 4 is 17.6 Å². The van der Waals surface area contributed by atoms with Crippen molar-refractivity contribution in [1.82, 2.24) is 0 Å². The summed E-state index contributed by atoms with van der Waals surface area (Å²) in [4.78, 5) is 10.4. The molecule has 0 amide bonds. The van der Waals surface area contributed by atoms with Gasteiger partial charge in [-0.15, -0.1) is 0 Å². The molecule has 0 aromatic rings. The van der Waals surface area contributed by atoms with Crippen LogP contribution in [0.15, 0.2) is 0 Å². The molecule has 0 aliphatic carbocycles. The Bertz CT molecular complexity index is 636. The second-order valence-electron chi connectivity index (χ2n) is 5.01. The van der Waals surface area contributed by atoms with Gasteiger partial charge in [-0.1, -0.05) is 0 Å². The molecule has 0 bridgehead atoms. The molecule has 0 rings (SSSR count). The van der Waals surface area contributed by atoms with Gasteiger partial charge in [0.15, 0.2) is 0 Å². The molecule has 0 fully saturated rings. The summed E-state index contributed by atoms with van der Waals surface area (Å²) in [5.74, 6) is -60.6. The van der Waals surface area contributed by atoms with Crippen LogP contribution in [0.5, 0.6) is 0 Å². The number of esters is 1. The molecule has 0 aromatic heterocycles. The molecule has 0 saturated heterocycles. The summed E-state index contributed by atoms with van der Waals surface area (Å²) in [6.07, 6.45) is 0. The second-order valence-corrected chi connectivity index (χ2v) is 5.48. The average molecular weight is 495 g/mol. The zero-order valence-electron chi connectivity index (χ0n) is 12.7. The molecule has 174 valence electrons. The van der Waals surface area contributed by atoms with Crippen LogP contribution in [0.2, 0.25) is 0 Å². The standard InChI is InChI=1S/C10H3ClF16O2/c1-29-2(28)3(12,13)4(14,15)5(16,17)6(18,19)7(20,21)8(22,23)9(24,25)10(11,26)27/h1H3. The molecule has 0 heterocycles. The highest BCUT2D eigenvalue weighted by Crippen LogP contribution is 2.64. The first kappa shape index (κ1) is 27.6. The van der Waals surface area contributed by atoms with Crippen LogP contribution in [-0.4, -0.2) is 59.9 Å². The maximum absolute atomic E-state index is 13.2. The normalized spacial score (nSPS) is 16.1. The minimum atomic E-state index is -8.60. The summed E-state index contributed by atoms with van der Waals surface area (Å²) in [5, 5.41) is -6.84. The van der Waals surface area contributed by atoms with Crippen LogP contribution in [0.25, 0.3) is 0 Å². The molecular weight excluding hydrogens is 492 g/mol. The van der Waals surface area contributed by atoms with Crippen molar-refractivity contribution in [3.63, 3.8) is 0 Å². The van der Waals surface area contributed by atoms with Crippen LogP contribution in [-0.2, 0) is 9.53 Å². The Morgan fingerprint density at radius 1 is 0.552 bits per heavy atom. The Hall–Kier alpha value is -1.36. The van der Waals surface area contributed by atoms with Gasteiger partial charge >= 0.3 is 52.8 Å². The average Bonchev–Trinajstić information content (AvgIpc) is 2.51. The van der Waals surface area contributed by atoms with E-state index in [9.17, 15) is 75.0 Å². The fraction of sp³-hybridized carbons (Fsp3) is 0.900. The molecule has 29 heavy (non-hydrogen) atoms. The van der Waals surface area contributed by atoms with Gasteiger partial charge in [0.25, 0.3) is 0 Å². The number of halogens is 17. The number of carbonyl (C=O) groups excluding carboxylic acids is 1. The van der Waals surface area contributed by atoms with Gasteiger partial charge in [0.2, 0.25) is 0 Å². The highest BCUT2D eigenvalue weighted by Gasteiger charge is 2.95. The largest absolute Gasteiger partial charge is 0.464 e. The number of hydrogen-bond donors (Lipinski definition) is 0. The quantitative estimate of drug-likeness (QED) is 0.255. The number of carbonyl (C=O) groups is 1. The number of methoxy groups -OCH3 is 1. The van der Waals surface area contributed by atoms with Crippen molar-refractivity contribution in [1.29, 1.82) is 0 Å². The summed E-state index contributed by atoms with van der Waals surface area (Å²) < 4.78 is 210. The van der Waals surface area contributed by atoms with E-state index in [4.69, 9.17) is 0 Å². The van der Waals surface area contributed by atoms with E-state index in [1.54, 1.807) is 0 Å². The van der Waals surface area contributed by atoms with Crippen LogP contribution in [0.4, 0.5) is 70.2 Å². The van der Waals surface area contributed by atoms with Crippen molar-refractivity contribution in [2.75, 3.05) is 7.11 Å². The zero-order valence-corrected chi connectivity index (χ0v) is 13.5. The lowest BCUT2D eigenvalue weighted by Gasteiger charge is -2.42. The summed E-state index contributed by atoms with van der Waals surface area (Å²) in [5.41, 5.74) is 0. The minimum Gasteiger partial charge on any atom is -0.464 e. The molecule has 0 N–H and O–H groups in total. The van der Waals surface area contributed by atoms with Gasteiger partial charge in [-0.25, -0.2) is 4.79 Å². The first-order valence-corrected chi connectivity index (χ1v) is 6.41. The molecule has 0 atom stereocenters. The maximum Gasteiger partial charge on any atom is 0.410 e. The van der Waals surface area contributed by atoms with Crippen molar-refractivity contribution < 1.29 is 79.8 Å². The van der Waals surface area contributed by atoms with Crippen molar-refractivity contribution in [2.45, 2.75) is 46.8 Å². The van der Waals surface area contributed by atoms with Gasteiger partial charge in [0.1, 0.15) is 0 Å².